The number of hydrogen-bond acceptors (Lipinski definition) is 1. The molecule has 1 heterocycles. The molecule has 1 aromatic rings. The second kappa shape index (κ2) is 12.1. The molecule has 0 aromatic heterocycles. The highest BCUT2D eigenvalue weighted by Gasteiger charge is 2.19. The number of amides is 1. The predicted octanol–water partition coefficient (Wildman–Crippen LogP) is 6.27. The third-order valence-corrected chi connectivity index (χ3v) is 5.48. The number of unbranched alkanes of at least 4 members (excludes halogenated alkanes) is 10. The molecule has 1 aliphatic rings. The lowest BCUT2D eigenvalue weighted by atomic mass is 9.99. The number of benzene rings is 1. The van der Waals surface area contributed by atoms with Gasteiger partial charge in [-0.1, -0.05) is 95.4 Å². The van der Waals surface area contributed by atoms with E-state index in [1.807, 2.05) is 0 Å². The maximum Gasteiger partial charge on any atom is 0.222 e. The number of rotatable bonds is 12. The van der Waals surface area contributed by atoms with E-state index in [2.05, 4.69) is 36.1 Å². The summed E-state index contributed by atoms with van der Waals surface area (Å²) in [6, 6.07) is 8.54. The summed E-state index contributed by atoms with van der Waals surface area (Å²) in [5, 5.41) is 0. The zero-order valence-corrected chi connectivity index (χ0v) is 16.3. The van der Waals surface area contributed by atoms with Gasteiger partial charge in [0.25, 0.3) is 0 Å². The van der Waals surface area contributed by atoms with Gasteiger partial charge in [-0.25, -0.2) is 0 Å². The van der Waals surface area contributed by atoms with Gasteiger partial charge in [-0.05, 0) is 24.0 Å². The summed E-state index contributed by atoms with van der Waals surface area (Å²) in [6.45, 7) is 3.98. The van der Waals surface area contributed by atoms with E-state index < -0.39 is 0 Å². The summed E-state index contributed by atoms with van der Waals surface area (Å²) in [6.07, 6.45) is 16.4. The molecule has 1 amide bonds. The average Bonchev–Trinajstić information content (AvgIpc) is 2.65. The Bertz CT molecular complexity index is 497. The van der Waals surface area contributed by atoms with Gasteiger partial charge in [0.05, 0.1) is 0 Å². The molecule has 0 saturated heterocycles. The Labute approximate surface area is 155 Å². The summed E-state index contributed by atoms with van der Waals surface area (Å²) >= 11 is 0. The van der Waals surface area contributed by atoms with Gasteiger partial charge in [-0.2, -0.15) is 0 Å². The van der Waals surface area contributed by atoms with Crippen molar-refractivity contribution >= 4 is 5.91 Å². The van der Waals surface area contributed by atoms with Crippen LogP contribution in [-0.2, 0) is 17.8 Å². The van der Waals surface area contributed by atoms with Crippen LogP contribution in [0.3, 0.4) is 0 Å². The van der Waals surface area contributed by atoms with Crippen molar-refractivity contribution in [2.75, 3.05) is 6.54 Å². The van der Waals surface area contributed by atoms with Gasteiger partial charge in [0.15, 0.2) is 0 Å². The quantitative estimate of drug-likeness (QED) is 0.409. The van der Waals surface area contributed by atoms with Crippen LogP contribution in [0.15, 0.2) is 24.3 Å². The van der Waals surface area contributed by atoms with E-state index in [0.717, 1.165) is 32.4 Å². The molecule has 0 bridgehead atoms. The highest BCUT2D eigenvalue weighted by molar-refractivity contribution is 5.76. The molecule has 0 unspecified atom stereocenters. The molecule has 0 fully saturated rings. The van der Waals surface area contributed by atoms with Crippen LogP contribution in [0.25, 0.3) is 0 Å². The van der Waals surface area contributed by atoms with Crippen LogP contribution in [-0.4, -0.2) is 17.4 Å². The van der Waals surface area contributed by atoms with Crippen LogP contribution in [0.1, 0.15) is 95.1 Å². The van der Waals surface area contributed by atoms with Crippen molar-refractivity contribution < 1.29 is 4.79 Å². The third-order valence-electron chi connectivity index (χ3n) is 5.48. The average molecular weight is 344 g/mol. The smallest absolute Gasteiger partial charge is 0.222 e. The van der Waals surface area contributed by atoms with Gasteiger partial charge >= 0.3 is 0 Å². The number of nitrogens with zero attached hydrogens (tertiary/aromatic N) is 1. The highest BCUT2D eigenvalue weighted by atomic mass is 16.2. The van der Waals surface area contributed by atoms with E-state index >= 15 is 0 Å². The first-order valence-corrected chi connectivity index (χ1v) is 10.7. The van der Waals surface area contributed by atoms with Gasteiger partial charge in [-0.15, -0.1) is 0 Å². The molecule has 0 aliphatic carbocycles. The van der Waals surface area contributed by atoms with Crippen molar-refractivity contribution in [3.63, 3.8) is 0 Å². The van der Waals surface area contributed by atoms with E-state index in [0.29, 0.717) is 5.91 Å². The Morgan fingerprint density at radius 1 is 0.840 bits per heavy atom. The van der Waals surface area contributed by atoms with Crippen molar-refractivity contribution in [1.82, 2.24) is 4.90 Å². The fourth-order valence-electron chi connectivity index (χ4n) is 3.81. The normalized spacial score (nSPS) is 13.7. The number of carbonyl (C=O) groups excluding carboxylic acids is 1. The van der Waals surface area contributed by atoms with Gasteiger partial charge in [0.2, 0.25) is 5.91 Å². The zero-order valence-electron chi connectivity index (χ0n) is 16.3. The Hall–Kier alpha value is -1.31. The van der Waals surface area contributed by atoms with Crippen LogP contribution < -0.4 is 0 Å². The molecule has 0 N–H and O–H groups in total. The summed E-state index contributed by atoms with van der Waals surface area (Å²) in [7, 11) is 0. The largest absolute Gasteiger partial charge is 0.338 e. The molecular formula is C23H37NO. The van der Waals surface area contributed by atoms with E-state index in [1.54, 1.807) is 0 Å². The van der Waals surface area contributed by atoms with Gasteiger partial charge in [-0.3, -0.25) is 4.79 Å². The van der Waals surface area contributed by atoms with E-state index in [4.69, 9.17) is 0 Å². The molecule has 0 radical (unpaired) electrons. The lowest BCUT2D eigenvalue weighted by Gasteiger charge is -2.29. The van der Waals surface area contributed by atoms with Gasteiger partial charge < -0.3 is 4.90 Å². The van der Waals surface area contributed by atoms with Gasteiger partial charge in [0.1, 0.15) is 0 Å². The summed E-state index contributed by atoms with van der Waals surface area (Å²) in [4.78, 5) is 14.4. The van der Waals surface area contributed by atoms with Gasteiger partial charge in [0, 0.05) is 19.5 Å². The van der Waals surface area contributed by atoms with Crippen LogP contribution >= 0.6 is 0 Å². The van der Waals surface area contributed by atoms with Crippen LogP contribution in [0.5, 0.6) is 0 Å². The predicted molar refractivity (Wildman–Crippen MR) is 107 cm³/mol. The molecule has 0 spiro atoms. The second-order valence-electron chi connectivity index (χ2n) is 7.62. The minimum absolute atomic E-state index is 0.352. The lowest BCUT2D eigenvalue weighted by molar-refractivity contribution is -0.132. The zero-order chi connectivity index (χ0) is 17.7. The minimum Gasteiger partial charge on any atom is -0.338 e. The fraction of sp³-hybridized carbons (Fsp3) is 0.696. The molecule has 2 heteroatoms. The minimum atomic E-state index is 0.352. The first-order chi connectivity index (χ1) is 12.3. The topological polar surface area (TPSA) is 20.3 Å². The summed E-state index contributed by atoms with van der Waals surface area (Å²) in [5.74, 6) is 0.352. The molecule has 1 aromatic carbocycles. The molecule has 25 heavy (non-hydrogen) atoms. The van der Waals surface area contributed by atoms with Crippen LogP contribution in [0, 0.1) is 0 Å². The number of fused-ring (bicyclic) bond motifs is 1. The number of carbonyl (C=O) groups is 1. The van der Waals surface area contributed by atoms with Crippen LogP contribution in [0.2, 0.25) is 0 Å². The fourth-order valence-corrected chi connectivity index (χ4v) is 3.81. The van der Waals surface area contributed by atoms with Crippen molar-refractivity contribution in [3.8, 4) is 0 Å². The summed E-state index contributed by atoms with van der Waals surface area (Å²) < 4.78 is 0. The molecule has 0 saturated carbocycles. The SMILES string of the molecule is CCCCCCCCCCCCCC(=O)N1CCc2ccccc2C1. The standard InChI is InChI=1S/C23H37NO/c1-2-3-4-5-6-7-8-9-10-11-12-17-23(25)24-19-18-21-15-13-14-16-22(21)20-24/h13-16H,2-12,17-20H2,1H3. The lowest BCUT2D eigenvalue weighted by Crippen LogP contribution is -2.35. The molecule has 0 atom stereocenters. The monoisotopic (exact) mass is 343 g/mol. The maximum absolute atomic E-state index is 12.4. The van der Waals surface area contributed by atoms with E-state index in [9.17, 15) is 4.79 Å². The number of hydrogen-bond donors (Lipinski definition) is 0. The molecule has 1 aliphatic heterocycles. The third kappa shape index (κ3) is 7.63. The van der Waals surface area contributed by atoms with E-state index in [1.165, 1.54) is 75.3 Å². The van der Waals surface area contributed by atoms with Crippen LogP contribution in [0.4, 0.5) is 0 Å². The maximum atomic E-state index is 12.4. The van der Waals surface area contributed by atoms with Crippen molar-refractivity contribution in [2.24, 2.45) is 0 Å². The first-order valence-electron chi connectivity index (χ1n) is 10.7. The Morgan fingerprint density at radius 3 is 2.04 bits per heavy atom. The molecular weight excluding hydrogens is 306 g/mol. The second-order valence-corrected chi connectivity index (χ2v) is 7.62. The van der Waals surface area contributed by atoms with Crippen molar-refractivity contribution in [1.29, 1.82) is 0 Å². The van der Waals surface area contributed by atoms with Crippen molar-refractivity contribution in [3.05, 3.63) is 35.4 Å². The molecule has 2 rings (SSSR count). The Morgan fingerprint density at radius 2 is 1.40 bits per heavy atom. The molecule has 140 valence electrons. The Balaban J connectivity index is 1.47. The first kappa shape index (κ1) is 20.0. The van der Waals surface area contributed by atoms with Crippen molar-refractivity contribution in [2.45, 2.75) is 96.9 Å². The highest BCUT2D eigenvalue weighted by Crippen LogP contribution is 2.20. The van der Waals surface area contributed by atoms with E-state index in [-0.39, 0.29) is 0 Å². The Kier molecular flexibility index (Phi) is 9.69. The molecule has 2 nitrogen and oxygen atoms in total. The summed E-state index contributed by atoms with van der Waals surface area (Å²) in [5.41, 5.74) is 2.75.